The average Bonchev–Trinajstić information content (AvgIpc) is 2.37. The molecule has 7 heteroatoms. The summed E-state index contributed by atoms with van der Waals surface area (Å²) in [4.78, 5) is 23.0. The van der Waals surface area contributed by atoms with Gasteiger partial charge in [-0.25, -0.2) is 0 Å². The molecule has 108 valence electrons. The van der Waals surface area contributed by atoms with Gasteiger partial charge < -0.3 is 10.0 Å². The van der Waals surface area contributed by atoms with Gasteiger partial charge in [0.1, 0.15) is 5.69 Å². The molecule has 2 atom stereocenters. The molecule has 2 unspecified atom stereocenters. The Labute approximate surface area is 115 Å². The Morgan fingerprint density at radius 3 is 2.80 bits per heavy atom. The number of carbonyl (C=O) groups is 1. The number of aliphatic carboxylic acids is 1. The number of hydrogen-bond acceptors (Lipinski definition) is 4. The highest BCUT2D eigenvalue weighted by Crippen LogP contribution is 2.34. The van der Waals surface area contributed by atoms with Crippen LogP contribution in [0.15, 0.2) is 18.2 Å². The van der Waals surface area contributed by atoms with Gasteiger partial charge in [-0.1, -0.05) is 13.0 Å². The van der Waals surface area contributed by atoms with E-state index in [9.17, 15) is 19.3 Å². The van der Waals surface area contributed by atoms with E-state index in [4.69, 9.17) is 5.11 Å². The van der Waals surface area contributed by atoms with E-state index in [0.29, 0.717) is 13.0 Å². The number of nitro groups is 1. The zero-order chi connectivity index (χ0) is 14.9. The van der Waals surface area contributed by atoms with Gasteiger partial charge in [0.05, 0.1) is 10.8 Å². The Kier molecular flexibility index (Phi) is 3.87. The number of carboxylic acids is 1. The molecular formula is C13H15FN2O4. The predicted octanol–water partition coefficient (Wildman–Crippen LogP) is 2.28. The molecule has 1 aromatic rings. The fourth-order valence-electron chi connectivity index (χ4n) is 2.67. The molecule has 1 aliphatic rings. The Bertz CT molecular complexity index is 549. The topological polar surface area (TPSA) is 83.7 Å². The highest BCUT2D eigenvalue weighted by Gasteiger charge is 2.33. The van der Waals surface area contributed by atoms with Crippen molar-refractivity contribution in [2.24, 2.45) is 11.8 Å². The summed E-state index contributed by atoms with van der Waals surface area (Å²) < 4.78 is 13.6. The second-order valence-electron chi connectivity index (χ2n) is 5.15. The van der Waals surface area contributed by atoms with Crippen LogP contribution in [0.5, 0.6) is 0 Å². The average molecular weight is 282 g/mol. The van der Waals surface area contributed by atoms with Crippen LogP contribution in [0.3, 0.4) is 0 Å². The number of anilines is 1. The summed E-state index contributed by atoms with van der Waals surface area (Å²) in [7, 11) is 0. The highest BCUT2D eigenvalue weighted by atomic mass is 19.1. The largest absolute Gasteiger partial charge is 0.481 e. The zero-order valence-electron chi connectivity index (χ0n) is 11.0. The lowest BCUT2D eigenvalue weighted by Gasteiger charge is -2.35. The lowest BCUT2D eigenvalue weighted by molar-refractivity contribution is -0.386. The van der Waals surface area contributed by atoms with Gasteiger partial charge in [-0.15, -0.1) is 0 Å². The van der Waals surface area contributed by atoms with E-state index in [-0.39, 0.29) is 18.2 Å². The maximum absolute atomic E-state index is 13.6. The molecule has 1 aliphatic heterocycles. The van der Waals surface area contributed by atoms with Gasteiger partial charge in [0.25, 0.3) is 0 Å². The van der Waals surface area contributed by atoms with Gasteiger partial charge in [-0.2, -0.15) is 4.39 Å². The van der Waals surface area contributed by atoms with E-state index in [1.54, 1.807) is 4.90 Å². The van der Waals surface area contributed by atoms with Crippen LogP contribution in [0.4, 0.5) is 15.8 Å². The van der Waals surface area contributed by atoms with Crippen molar-refractivity contribution in [1.82, 2.24) is 0 Å². The van der Waals surface area contributed by atoms with E-state index in [0.717, 1.165) is 6.07 Å². The lowest BCUT2D eigenvalue weighted by Crippen LogP contribution is -2.42. The summed E-state index contributed by atoms with van der Waals surface area (Å²) in [5, 5.41) is 20.1. The molecule has 0 aliphatic carbocycles. The third kappa shape index (κ3) is 2.71. The molecule has 0 aromatic heterocycles. The van der Waals surface area contributed by atoms with Crippen molar-refractivity contribution >= 4 is 17.3 Å². The number of hydrogen-bond donors (Lipinski definition) is 1. The monoisotopic (exact) mass is 282 g/mol. The van der Waals surface area contributed by atoms with Gasteiger partial charge in [0.15, 0.2) is 0 Å². The Morgan fingerprint density at radius 1 is 1.50 bits per heavy atom. The molecular weight excluding hydrogens is 267 g/mol. The summed E-state index contributed by atoms with van der Waals surface area (Å²) in [6.45, 7) is 2.52. The Morgan fingerprint density at radius 2 is 2.20 bits per heavy atom. The van der Waals surface area contributed by atoms with Crippen LogP contribution in [0, 0.1) is 27.8 Å². The van der Waals surface area contributed by atoms with E-state index in [1.807, 2.05) is 6.92 Å². The van der Waals surface area contributed by atoms with Gasteiger partial charge in [-0.05, 0) is 24.5 Å². The van der Waals surface area contributed by atoms with Gasteiger partial charge in [0.2, 0.25) is 5.82 Å². The number of benzene rings is 1. The van der Waals surface area contributed by atoms with Crippen LogP contribution in [-0.4, -0.2) is 29.1 Å². The summed E-state index contributed by atoms with van der Waals surface area (Å²) in [5.74, 6) is -2.35. The minimum atomic E-state index is -0.930. The van der Waals surface area contributed by atoms with Crippen molar-refractivity contribution in [3.8, 4) is 0 Å². The standard InChI is InChI=1S/C13H15FN2O4/c1-8-5-9(13(17)18)7-15(6-8)11-4-2-3-10(14)12(11)16(19)20/h2-4,8-9H,5-7H2,1H3,(H,17,18). The van der Waals surface area contributed by atoms with Crippen molar-refractivity contribution < 1.29 is 19.2 Å². The molecule has 1 fully saturated rings. The molecule has 1 N–H and O–H groups in total. The smallest absolute Gasteiger partial charge is 0.327 e. The molecule has 1 heterocycles. The Hall–Kier alpha value is -2.18. The number of piperidine rings is 1. The molecule has 6 nitrogen and oxygen atoms in total. The van der Waals surface area contributed by atoms with E-state index in [2.05, 4.69) is 0 Å². The van der Waals surface area contributed by atoms with Crippen LogP contribution in [0.1, 0.15) is 13.3 Å². The Balaban J connectivity index is 2.38. The first-order valence-electron chi connectivity index (χ1n) is 6.30. The number of carboxylic acid groups (broad SMARTS) is 1. The first-order chi connectivity index (χ1) is 9.40. The second kappa shape index (κ2) is 5.44. The molecule has 0 saturated carbocycles. The van der Waals surface area contributed by atoms with Crippen LogP contribution < -0.4 is 4.90 Å². The van der Waals surface area contributed by atoms with Gasteiger partial charge in [0, 0.05) is 13.1 Å². The summed E-state index contributed by atoms with van der Waals surface area (Å²) in [6.07, 6.45) is 0.523. The number of rotatable bonds is 3. The van der Waals surface area contributed by atoms with E-state index < -0.39 is 28.3 Å². The van der Waals surface area contributed by atoms with Crippen molar-refractivity contribution in [3.05, 3.63) is 34.1 Å². The van der Waals surface area contributed by atoms with Crippen LogP contribution in [0.2, 0.25) is 0 Å². The van der Waals surface area contributed by atoms with Gasteiger partial charge in [-0.3, -0.25) is 14.9 Å². The highest BCUT2D eigenvalue weighted by molar-refractivity contribution is 5.72. The first kappa shape index (κ1) is 14.2. The predicted molar refractivity (Wildman–Crippen MR) is 70.2 cm³/mol. The summed E-state index contributed by atoms with van der Waals surface area (Å²) in [6, 6.07) is 3.88. The van der Waals surface area contributed by atoms with Crippen LogP contribution in [-0.2, 0) is 4.79 Å². The van der Waals surface area contributed by atoms with Crippen molar-refractivity contribution in [2.45, 2.75) is 13.3 Å². The second-order valence-corrected chi connectivity index (χ2v) is 5.15. The maximum Gasteiger partial charge on any atom is 0.327 e. The molecule has 0 bridgehead atoms. The first-order valence-corrected chi connectivity index (χ1v) is 6.30. The van der Waals surface area contributed by atoms with Crippen LogP contribution >= 0.6 is 0 Å². The molecule has 0 spiro atoms. The molecule has 2 rings (SSSR count). The fraction of sp³-hybridized carbons (Fsp3) is 0.462. The summed E-state index contributed by atoms with van der Waals surface area (Å²) in [5.41, 5.74) is -0.446. The number of nitrogens with zero attached hydrogens (tertiary/aromatic N) is 2. The van der Waals surface area contributed by atoms with E-state index in [1.165, 1.54) is 12.1 Å². The molecule has 20 heavy (non-hydrogen) atoms. The zero-order valence-corrected chi connectivity index (χ0v) is 11.0. The van der Waals surface area contributed by atoms with Crippen molar-refractivity contribution in [2.75, 3.05) is 18.0 Å². The molecule has 1 saturated heterocycles. The molecule has 0 radical (unpaired) electrons. The third-order valence-electron chi connectivity index (χ3n) is 3.50. The number of halogens is 1. The summed E-state index contributed by atoms with van der Waals surface area (Å²) >= 11 is 0. The minimum Gasteiger partial charge on any atom is -0.481 e. The minimum absolute atomic E-state index is 0.0766. The lowest BCUT2D eigenvalue weighted by atomic mass is 9.90. The van der Waals surface area contributed by atoms with E-state index >= 15 is 0 Å². The fourth-order valence-corrected chi connectivity index (χ4v) is 2.67. The molecule has 1 aromatic carbocycles. The van der Waals surface area contributed by atoms with Crippen molar-refractivity contribution in [3.63, 3.8) is 0 Å². The van der Waals surface area contributed by atoms with Gasteiger partial charge >= 0.3 is 11.7 Å². The quantitative estimate of drug-likeness (QED) is 0.679. The maximum atomic E-state index is 13.6. The van der Waals surface area contributed by atoms with Crippen LogP contribution in [0.25, 0.3) is 0 Å². The van der Waals surface area contributed by atoms with Crippen molar-refractivity contribution in [1.29, 1.82) is 0 Å². The molecule has 0 amide bonds. The number of nitro benzene ring substituents is 1. The number of para-hydroxylation sites is 1. The SMILES string of the molecule is CC1CC(C(=O)O)CN(c2cccc(F)c2[N+](=O)[O-])C1. The third-order valence-corrected chi connectivity index (χ3v) is 3.50. The normalized spacial score (nSPS) is 22.6.